The van der Waals surface area contributed by atoms with E-state index in [0.717, 1.165) is 5.56 Å². The number of hydrogen-bond donors (Lipinski definition) is 1. The normalized spacial score (nSPS) is 11.6. The first-order valence-electron chi connectivity index (χ1n) is 5.25. The molecule has 0 amide bonds. The first-order valence-corrected chi connectivity index (χ1v) is 6.90. The Bertz CT molecular complexity index is 414. The van der Waals surface area contributed by atoms with Crippen molar-refractivity contribution in [1.82, 2.24) is 4.72 Å². The lowest BCUT2D eigenvalue weighted by Gasteiger charge is -2.05. The van der Waals surface area contributed by atoms with E-state index in [1.165, 1.54) is 12.1 Å². The number of benzene rings is 1. The van der Waals surface area contributed by atoms with Gasteiger partial charge < -0.3 is 0 Å². The van der Waals surface area contributed by atoms with E-state index in [2.05, 4.69) is 4.72 Å². The predicted molar refractivity (Wildman–Crippen MR) is 62.2 cm³/mol. The van der Waals surface area contributed by atoms with Crippen molar-refractivity contribution in [3.05, 3.63) is 35.6 Å². The molecule has 0 aliphatic carbocycles. The van der Waals surface area contributed by atoms with E-state index in [-0.39, 0.29) is 11.6 Å². The highest BCUT2D eigenvalue weighted by Crippen LogP contribution is 2.03. The molecule has 0 aliphatic heterocycles. The highest BCUT2D eigenvalue weighted by molar-refractivity contribution is 7.89. The van der Waals surface area contributed by atoms with Gasteiger partial charge in [0.05, 0.1) is 5.75 Å². The lowest BCUT2D eigenvalue weighted by molar-refractivity contribution is 0.580. The maximum Gasteiger partial charge on any atom is 0.211 e. The highest BCUT2D eigenvalue weighted by Gasteiger charge is 2.06. The Kier molecular flexibility index (Phi) is 4.89. The van der Waals surface area contributed by atoms with Crippen molar-refractivity contribution in [1.29, 1.82) is 0 Å². The summed E-state index contributed by atoms with van der Waals surface area (Å²) in [5.41, 5.74) is 0.917. The molecular weight excluding hydrogens is 229 g/mol. The van der Waals surface area contributed by atoms with Crippen molar-refractivity contribution < 1.29 is 12.8 Å². The van der Waals surface area contributed by atoms with Crippen molar-refractivity contribution in [2.24, 2.45) is 0 Å². The summed E-state index contributed by atoms with van der Waals surface area (Å²) in [5, 5.41) is 0. The number of rotatable bonds is 6. The molecule has 0 saturated carbocycles. The Hall–Kier alpha value is -0.940. The summed E-state index contributed by atoms with van der Waals surface area (Å²) in [6.45, 7) is 2.17. The fraction of sp³-hybridized carbons (Fsp3) is 0.455. The van der Waals surface area contributed by atoms with Gasteiger partial charge in [0.25, 0.3) is 0 Å². The fourth-order valence-corrected chi connectivity index (χ4v) is 2.44. The second kappa shape index (κ2) is 5.96. The molecule has 1 N–H and O–H groups in total. The Balaban J connectivity index is 2.39. The summed E-state index contributed by atoms with van der Waals surface area (Å²) in [5.74, 6) is -0.133. The lowest BCUT2D eigenvalue weighted by Crippen LogP contribution is -2.28. The zero-order chi connectivity index (χ0) is 12.0. The Morgan fingerprint density at radius 3 is 2.44 bits per heavy atom. The number of halogens is 1. The van der Waals surface area contributed by atoms with E-state index in [9.17, 15) is 12.8 Å². The smallest absolute Gasteiger partial charge is 0.211 e. The molecule has 1 aromatic rings. The minimum absolute atomic E-state index is 0.149. The third-order valence-corrected chi connectivity index (χ3v) is 3.71. The molecule has 0 radical (unpaired) electrons. The van der Waals surface area contributed by atoms with Gasteiger partial charge in [-0.05, 0) is 30.5 Å². The van der Waals surface area contributed by atoms with Crippen molar-refractivity contribution in [3.8, 4) is 0 Å². The molecule has 1 aromatic carbocycles. The first-order chi connectivity index (χ1) is 7.53. The van der Waals surface area contributed by atoms with E-state index in [1.54, 1.807) is 12.1 Å². The van der Waals surface area contributed by atoms with Crippen molar-refractivity contribution >= 4 is 10.0 Å². The second-order valence-corrected chi connectivity index (χ2v) is 5.52. The molecule has 1 rings (SSSR count). The van der Waals surface area contributed by atoms with Gasteiger partial charge in [0.1, 0.15) is 5.82 Å². The van der Waals surface area contributed by atoms with Crippen LogP contribution in [0.15, 0.2) is 24.3 Å². The second-order valence-electron chi connectivity index (χ2n) is 3.59. The molecule has 0 saturated heterocycles. The van der Waals surface area contributed by atoms with Crippen molar-refractivity contribution in [3.63, 3.8) is 0 Å². The van der Waals surface area contributed by atoms with Crippen LogP contribution in [0.4, 0.5) is 4.39 Å². The molecule has 0 atom stereocenters. The van der Waals surface area contributed by atoms with Crippen LogP contribution in [0.25, 0.3) is 0 Å². The maximum absolute atomic E-state index is 12.6. The topological polar surface area (TPSA) is 46.2 Å². The average Bonchev–Trinajstić information content (AvgIpc) is 2.20. The summed E-state index contributed by atoms with van der Waals surface area (Å²) < 4.78 is 37.7. The molecule has 0 aromatic heterocycles. The van der Waals surface area contributed by atoms with E-state index < -0.39 is 10.0 Å². The molecule has 0 bridgehead atoms. The first kappa shape index (κ1) is 13.1. The zero-order valence-corrected chi connectivity index (χ0v) is 10.1. The highest BCUT2D eigenvalue weighted by atomic mass is 32.2. The minimum Gasteiger partial charge on any atom is -0.215 e. The van der Waals surface area contributed by atoms with Crippen molar-refractivity contribution in [2.45, 2.75) is 19.8 Å². The zero-order valence-electron chi connectivity index (χ0n) is 9.24. The lowest BCUT2D eigenvalue weighted by atomic mass is 10.1. The van der Waals surface area contributed by atoms with Gasteiger partial charge in [0.15, 0.2) is 0 Å². The van der Waals surface area contributed by atoms with Crippen LogP contribution in [0.5, 0.6) is 0 Å². The molecule has 0 heterocycles. The van der Waals surface area contributed by atoms with E-state index in [4.69, 9.17) is 0 Å². The van der Waals surface area contributed by atoms with Gasteiger partial charge in [-0.2, -0.15) is 0 Å². The van der Waals surface area contributed by atoms with Crippen molar-refractivity contribution in [2.75, 3.05) is 12.3 Å². The molecule has 0 aliphatic rings. The van der Waals surface area contributed by atoms with Gasteiger partial charge in [0, 0.05) is 6.54 Å². The van der Waals surface area contributed by atoms with E-state index >= 15 is 0 Å². The Morgan fingerprint density at radius 2 is 1.88 bits per heavy atom. The number of nitrogens with one attached hydrogen (secondary N) is 1. The molecule has 90 valence electrons. The van der Waals surface area contributed by atoms with Crippen LogP contribution in [0.1, 0.15) is 18.9 Å². The summed E-state index contributed by atoms with van der Waals surface area (Å²) in [7, 11) is -3.13. The molecule has 3 nitrogen and oxygen atoms in total. The largest absolute Gasteiger partial charge is 0.215 e. The summed E-state index contributed by atoms with van der Waals surface area (Å²) in [4.78, 5) is 0. The molecule has 16 heavy (non-hydrogen) atoms. The molecular formula is C11H16FNO2S. The monoisotopic (exact) mass is 245 g/mol. The molecule has 0 unspecified atom stereocenters. The third kappa shape index (κ3) is 4.72. The summed E-state index contributed by atoms with van der Waals surface area (Å²) in [6, 6.07) is 6.05. The van der Waals surface area contributed by atoms with Crippen LogP contribution in [-0.4, -0.2) is 20.7 Å². The molecule has 0 spiro atoms. The third-order valence-electron chi connectivity index (χ3n) is 2.12. The maximum atomic E-state index is 12.6. The number of sulfonamides is 1. The van der Waals surface area contributed by atoms with Gasteiger partial charge in [-0.1, -0.05) is 19.1 Å². The predicted octanol–water partition coefficient (Wildman–Crippen LogP) is 1.70. The van der Waals surface area contributed by atoms with Crippen LogP contribution in [0.3, 0.4) is 0 Å². The van der Waals surface area contributed by atoms with E-state index in [1.807, 2.05) is 6.92 Å². The Morgan fingerprint density at radius 1 is 1.25 bits per heavy atom. The fourth-order valence-electron chi connectivity index (χ4n) is 1.34. The van der Waals surface area contributed by atoms with Crippen LogP contribution >= 0.6 is 0 Å². The van der Waals surface area contributed by atoms with E-state index in [0.29, 0.717) is 19.4 Å². The minimum atomic E-state index is -3.13. The molecule has 5 heteroatoms. The van der Waals surface area contributed by atoms with Gasteiger partial charge in [-0.15, -0.1) is 0 Å². The summed E-state index contributed by atoms with van der Waals surface area (Å²) >= 11 is 0. The Labute approximate surface area is 95.7 Å². The summed E-state index contributed by atoms with van der Waals surface area (Å²) in [6.07, 6.45) is 1.18. The molecule has 0 fully saturated rings. The quantitative estimate of drug-likeness (QED) is 0.829. The number of hydrogen-bond acceptors (Lipinski definition) is 2. The van der Waals surface area contributed by atoms with Gasteiger partial charge >= 0.3 is 0 Å². The van der Waals surface area contributed by atoms with Crippen LogP contribution in [0, 0.1) is 5.82 Å². The van der Waals surface area contributed by atoms with Gasteiger partial charge in [0.2, 0.25) is 10.0 Å². The average molecular weight is 245 g/mol. The van der Waals surface area contributed by atoms with Gasteiger partial charge in [-0.25, -0.2) is 17.5 Å². The van der Waals surface area contributed by atoms with Crippen LogP contribution < -0.4 is 4.72 Å². The van der Waals surface area contributed by atoms with Crippen LogP contribution in [-0.2, 0) is 16.4 Å². The van der Waals surface area contributed by atoms with Crippen LogP contribution in [0.2, 0.25) is 0 Å². The standard InChI is InChI=1S/C11H16FNO2S/c1-2-9-16(14,15)13-8-7-10-3-5-11(12)6-4-10/h3-6,13H,2,7-9H2,1H3. The SMILES string of the molecule is CCCS(=O)(=O)NCCc1ccc(F)cc1. The van der Waals surface area contributed by atoms with Gasteiger partial charge in [-0.3, -0.25) is 0 Å².